The highest BCUT2D eigenvalue weighted by Gasteiger charge is 2.32. The molecule has 0 amide bonds. The maximum absolute atomic E-state index is 12.8. The molecule has 146 valence electrons. The van der Waals surface area contributed by atoms with E-state index in [1.165, 1.54) is 4.31 Å². The molecule has 1 aliphatic heterocycles. The van der Waals surface area contributed by atoms with Crippen molar-refractivity contribution in [2.24, 2.45) is 0 Å². The average Bonchev–Trinajstić information content (AvgIpc) is 2.61. The first-order valence-electron chi connectivity index (χ1n) is 8.59. The number of nitrogens with zero attached hydrogens (tertiary/aromatic N) is 2. The summed E-state index contributed by atoms with van der Waals surface area (Å²) in [5.74, 6) is 0. The van der Waals surface area contributed by atoms with Gasteiger partial charge >= 0.3 is 6.18 Å². The van der Waals surface area contributed by atoms with Crippen LogP contribution in [0.1, 0.15) is 16.7 Å². The quantitative estimate of drug-likeness (QED) is 0.789. The topological polar surface area (TPSA) is 40.6 Å². The number of benzene rings is 2. The lowest BCUT2D eigenvalue weighted by Gasteiger charge is -2.37. The number of alkyl halides is 3. The van der Waals surface area contributed by atoms with Crippen LogP contribution in [0.15, 0.2) is 47.4 Å². The predicted octanol–water partition coefficient (Wildman–Crippen LogP) is 3.83. The number of rotatable bonds is 3. The molecule has 4 nitrogen and oxygen atoms in total. The maximum atomic E-state index is 12.8. The second kappa shape index (κ2) is 7.16. The van der Waals surface area contributed by atoms with E-state index in [-0.39, 0.29) is 18.0 Å². The molecule has 0 unspecified atom stereocenters. The van der Waals surface area contributed by atoms with Crippen LogP contribution in [0.5, 0.6) is 0 Å². The van der Waals surface area contributed by atoms with E-state index >= 15 is 0 Å². The molecule has 2 aromatic carbocycles. The van der Waals surface area contributed by atoms with E-state index in [0.717, 1.165) is 41.1 Å². The number of anilines is 1. The molecule has 1 heterocycles. The summed E-state index contributed by atoms with van der Waals surface area (Å²) in [4.78, 5) is 2.04. The summed E-state index contributed by atoms with van der Waals surface area (Å²) in [5.41, 5.74) is 2.52. The maximum Gasteiger partial charge on any atom is 0.416 e. The molecule has 0 aromatic heterocycles. The molecule has 0 radical (unpaired) electrons. The molecule has 0 bridgehead atoms. The predicted molar refractivity (Wildman–Crippen MR) is 98.3 cm³/mol. The Balaban J connectivity index is 1.75. The van der Waals surface area contributed by atoms with E-state index in [9.17, 15) is 21.6 Å². The second-order valence-electron chi connectivity index (χ2n) is 6.65. The van der Waals surface area contributed by atoms with Crippen LogP contribution in [-0.2, 0) is 16.2 Å². The zero-order chi connectivity index (χ0) is 19.8. The minimum Gasteiger partial charge on any atom is -0.368 e. The Morgan fingerprint density at radius 3 is 1.85 bits per heavy atom. The highest BCUT2D eigenvalue weighted by molar-refractivity contribution is 7.89. The molecule has 8 heteroatoms. The fraction of sp³-hybridized carbons (Fsp3) is 0.368. The van der Waals surface area contributed by atoms with Gasteiger partial charge in [0.1, 0.15) is 0 Å². The van der Waals surface area contributed by atoms with Gasteiger partial charge in [0.05, 0.1) is 10.5 Å². The molecule has 0 saturated carbocycles. The molecular weight excluding hydrogens is 377 g/mol. The Morgan fingerprint density at radius 1 is 0.852 bits per heavy atom. The molecule has 3 rings (SSSR count). The van der Waals surface area contributed by atoms with Gasteiger partial charge in [0.2, 0.25) is 10.0 Å². The van der Waals surface area contributed by atoms with Crippen molar-refractivity contribution in [2.45, 2.75) is 24.9 Å². The van der Waals surface area contributed by atoms with Gasteiger partial charge in [-0.1, -0.05) is 18.2 Å². The summed E-state index contributed by atoms with van der Waals surface area (Å²) in [6, 6.07) is 9.69. The molecule has 1 saturated heterocycles. The van der Waals surface area contributed by atoms with Crippen molar-refractivity contribution in [2.75, 3.05) is 31.1 Å². The summed E-state index contributed by atoms with van der Waals surface area (Å²) in [6.45, 7) is 5.69. The number of piperazine rings is 1. The zero-order valence-corrected chi connectivity index (χ0v) is 15.9. The third-order valence-electron chi connectivity index (χ3n) is 4.81. The van der Waals surface area contributed by atoms with Crippen LogP contribution in [0.2, 0.25) is 0 Å². The Bertz CT molecular complexity index is 897. The second-order valence-corrected chi connectivity index (χ2v) is 8.59. The van der Waals surface area contributed by atoms with Crippen LogP contribution in [0.3, 0.4) is 0 Å². The highest BCUT2D eigenvalue weighted by atomic mass is 32.2. The summed E-state index contributed by atoms with van der Waals surface area (Å²) in [7, 11) is -3.81. The third kappa shape index (κ3) is 3.96. The lowest BCUT2D eigenvalue weighted by atomic mass is 10.1. The van der Waals surface area contributed by atoms with Gasteiger partial charge in [-0.3, -0.25) is 0 Å². The Morgan fingerprint density at radius 2 is 1.37 bits per heavy atom. The van der Waals surface area contributed by atoms with Gasteiger partial charge in [0, 0.05) is 31.9 Å². The van der Waals surface area contributed by atoms with Crippen molar-refractivity contribution >= 4 is 15.7 Å². The first-order valence-corrected chi connectivity index (χ1v) is 10.0. The number of hydrogen-bond acceptors (Lipinski definition) is 3. The first-order chi connectivity index (χ1) is 12.6. The van der Waals surface area contributed by atoms with Gasteiger partial charge in [-0.05, 0) is 49.2 Å². The summed E-state index contributed by atoms with van der Waals surface area (Å²) in [5, 5.41) is 0. The minimum atomic E-state index is -4.49. The summed E-state index contributed by atoms with van der Waals surface area (Å²) < 4.78 is 64.9. The monoisotopic (exact) mass is 398 g/mol. The SMILES string of the molecule is Cc1cccc(C)c1N1CCN(S(=O)(=O)c2ccc(C(F)(F)F)cc2)CC1. The Kier molecular flexibility index (Phi) is 5.22. The Labute approximate surface area is 157 Å². The van der Waals surface area contributed by atoms with Crippen LogP contribution < -0.4 is 4.90 Å². The lowest BCUT2D eigenvalue weighted by molar-refractivity contribution is -0.137. The van der Waals surface area contributed by atoms with Crippen molar-refractivity contribution in [1.82, 2.24) is 4.31 Å². The van der Waals surface area contributed by atoms with Crippen molar-refractivity contribution in [3.05, 3.63) is 59.2 Å². The van der Waals surface area contributed by atoms with E-state index in [1.807, 2.05) is 32.0 Å². The van der Waals surface area contributed by atoms with Crippen LogP contribution in [-0.4, -0.2) is 38.9 Å². The first kappa shape index (κ1) is 19.7. The highest BCUT2D eigenvalue weighted by Crippen LogP contribution is 2.31. The molecule has 0 atom stereocenters. The van der Waals surface area contributed by atoms with E-state index in [2.05, 4.69) is 4.90 Å². The number of para-hydroxylation sites is 1. The fourth-order valence-electron chi connectivity index (χ4n) is 3.42. The molecule has 0 aliphatic carbocycles. The van der Waals surface area contributed by atoms with Gasteiger partial charge in [0.25, 0.3) is 0 Å². The van der Waals surface area contributed by atoms with Crippen molar-refractivity contribution < 1.29 is 21.6 Å². The summed E-state index contributed by atoms with van der Waals surface area (Å²) in [6.07, 6.45) is -4.49. The van der Waals surface area contributed by atoms with Gasteiger partial charge in [-0.15, -0.1) is 0 Å². The number of hydrogen-bond donors (Lipinski definition) is 0. The van der Waals surface area contributed by atoms with Gasteiger partial charge < -0.3 is 4.90 Å². The van der Waals surface area contributed by atoms with Gasteiger partial charge in [-0.2, -0.15) is 17.5 Å². The van der Waals surface area contributed by atoms with Crippen LogP contribution in [0.25, 0.3) is 0 Å². The van der Waals surface area contributed by atoms with Crippen LogP contribution >= 0.6 is 0 Å². The molecule has 1 fully saturated rings. The molecule has 2 aromatic rings. The fourth-order valence-corrected chi connectivity index (χ4v) is 4.84. The van der Waals surface area contributed by atoms with E-state index in [0.29, 0.717) is 13.1 Å². The largest absolute Gasteiger partial charge is 0.416 e. The van der Waals surface area contributed by atoms with Crippen molar-refractivity contribution in [3.63, 3.8) is 0 Å². The standard InChI is InChI=1S/C19H21F3N2O2S/c1-14-4-3-5-15(2)18(14)23-10-12-24(13-11-23)27(25,26)17-8-6-16(7-9-17)19(20,21)22/h3-9H,10-13H2,1-2H3. The minimum absolute atomic E-state index is 0.115. The molecule has 27 heavy (non-hydrogen) atoms. The smallest absolute Gasteiger partial charge is 0.368 e. The van der Waals surface area contributed by atoms with E-state index in [4.69, 9.17) is 0 Å². The number of halogens is 3. The number of aryl methyl sites for hydroxylation is 2. The van der Waals surface area contributed by atoms with Crippen LogP contribution in [0, 0.1) is 13.8 Å². The molecule has 0 N–H and O–H groups in total. The average molecular weight is 398 g/mol. The molecule has 1 aliphatic rings. The normalized spacial score (nSPS) is 16.6. The van der Waals surface area contributed by atoms with Gasteiger partial charge in [-0.25, -0.2) is 8.42 Å². The number of sulfonamides is 1. The van der Waals surface area contributed by atoms with Gasteiger partial charge in [0.15, 0.2) is 0 Å². The molecule has 0 spiro atoms. The third-order valence-corrected chi connectivity index (χ3v) is 6.73. The summed E-state index contributed by atoms with van der Waals surface area (Å²) >= 11 is 0. The van der Waals surface area contributed by atoms with E-state index < -0.39 is 21.8 Å². The van der Waals surface area contributed by atoms with Crippen molar-refractivity contribution in [1.29, 1.82) is 0 Å². The Hall–Kier alpha value is -2.06. The molecular formula is C19H21F3N2O2S. The van der Waals surface area contributed by atoms with E-state index in [1.54, 1.807) is 0 Å². The van der Waals surface area contributed by atoms with Crippen molar-refractivity contribution in [3.8, 4) is 0 Å². The van der Waals surface area contributed by atoms with Crippen LogP contribution in [0.4, 0.5) is 18.9 Å². The lowest BCUT2D eigenvalue weighted by Crippen LogP contribution is -2.49. The zero-order valence-electron chi connectivity index (χ0n) is 15.1.